The van der Waals surface area contributed by atoms with E-state index in [2.05, 4.69) is 14.2 Å². The molecule has 0 aromatic heterocycles. The van der Waals surface area contributed by atoms with Gasteiger partial charge >= 0.3 is 11.9 Å². The summed E-state index contributed by atoms with van der Waals surface area (Å²) in [7, 11) is 3.60. The van der Waals surface area contributed by atoms with Gasteiger partial charge in [-0.15, -0.1) is 0 Å². The number of rotatable bonds is 3. The van der Waals surface area contributed by atoms with E-state index in [1.165, 1.54) is 33.5 Å². The summed E-state index contributed by atoms with van der Waals surface area (Å²) < 4.78 is 13.7. The lowest BCUT2D eigenvalue weighted by Gasteiger charge is -2.07. The first-order valence-corrected chi connectivity index (χ1v) is 4.63. The molecule has 1 aliphatic rings. The van der Waals surface area contributed by atoms with E-state index in [9.17, 15) is 14.7 Å². The SMILES string of the molecule is COC(=O)C1=C(C(=O)OC)C(=C(O)OC)C=C1. The summed E-state index contributed by atoms with van der Waals surface area (Å²) in [6.45, 7) is 0. The van der Waals surface area contributed by atoms with Crippen molar-refractivity contribution in [3.63, 3.8) is 0 Å². The standard InChI is InChI=1S/C11H12O6/c1-15-9(12)6-4-5-7(10(13)16-2)8(6)11(14)17-3/h4-5,12H,1-3H3. The fourth-order valence-corrected chi connectivity index (χ4v) is 1.37. The van der Waals surface area contributed by atoms with Gasteiger partial charge in [-0.25, -0.2) is 9.59 Å². The van der Waals surface area contributed by atoms with Gasteiger partial charge in [-0.05, 0) is 12.2 Å². The number of allylic oxidation sites excluding steroid dienone is 1. The Labute approximate surface area is 97.8 Å². The van der Waals surface area contributed by atoms with Crippen LogP contribution in [0.2, 0.25) is 0 Å². The maximum absolute atomic E-state index is 11.5. The van der Waals surface area contributed by atoms with Gasteiger partial charge in [0.25, 0.3) is 5.95 Å². The highest BCUT2D eigenvalue weighted by Crippen LogP contribution is 2.28. The Bertz CT molecular complexity index is 441. The average Bonchev–Trinajstić information content (AvgIpc) is 2.80. The number of hydrogen-bond acceptors (Lipinski definition) is 6. The molecule has 6 heteroatoms. The molecule has 1 aliphatic carbocycles. The smallest absolute Gasteiger partial charge is 0.339 e. The van der Waals surface area contributed by atoms with Crippen molar-refractivity contribution in [3.8, 4) is 0 Å². The van der Waals surface area contributed by atoms with Crippen LogP contribution in [-0.2, 0) is 23.8 Å². The molecule has 1 N–H and O–H groups in total. The Morgan fingerprint density at radius 2 is 1.59 bits per heavy atom. The second kappa shape index (κ2) is 5.20. The highest BCUT2D eigenvalue weighted by molar-refractivity contribution is 6.07. The number of esters is 2. The first-order chi connectivity index (χ1) is 8.06. The van der Waals surface area contributed by atoms with E-state index in [1.54, 1.807) is 0 Å². The summed E-state index contributed by atoms with van der Waals surface area (Å²) in [5.74, 6) is -1.92. The highest BCUT2D eigenvalue weighted by atomic mass is 16.6. The van der Waals surface area contributed by atoms with Gasteiger partial charge in [0.1, 0.15) is 0 Å². The zero-order valence-electron chi connectivity index (χ0n) is 9.64. The van der Waals surface area contributed by atoms with E-state index in [4.69, 9.17) is 0 Å². The molecule has 6 nitrogen and oxygen atoms in total. The molecule has 0 unspecified atom stereocenters. The third kappa shape index (κ3) is 2.30. The minimum absolute atomic E-state index is 0.0120. The van der Waals surface area contributed by atoms with Crippen LogP contribution in [-0.4, -0.2) is 38.4 Å². The molecule has 0 atom stereocenters. The molecular weight excluding hydrogens is 228 g/mol. The Hall–Kier alpha value is -2.24. The predicted molar refractivity (Wildman–Crippen MR) is 56.9 cm³/mol. The summed E-state index contributed by atoms with van der Waals surface area (Å²) in [5.41, 5.74) is 0.0106. The van der Waals surface area contributed by atoms with Crippen LogP contribution < -0.4 is 0 Å². The molecular formula is C11H12O6. The van der Waals surface area contributed by atoms with Crippen molar-refractivity contribution in [1.82, 2.24) is 0 Å². The molecule has 0 radical (unpaired) electrons. The first-order valence-electron chi connectivity index (χ1n) is 4.63. The highest BCUT2D eigenvalue weighted by Gasteiger charge is 2.30. The summed E-state index contributed by atoms with van der Waals surface area (Å²) in [6.07, 6.45) is 2.72. The monoisotopic (exact) mass is 240 g/mol. The molecule has 0 spiro atoms. The molecule has 0 saturated carbocycles. The van der Waals surface area contributed by atoms with Crippen LogP contribution in [0.3, 0.4) is 0 Å². The lowest BCUT2D eigenvalue weighted by Crippen LogP contribution is -2.13. The molecule has 0 heterocycles. The Morgan fingerprint density at radius 3 is 2.06 bits per heavy atom. The number of aliphatic hydroxyl groups excluding tert-OH is 1. The lowest BCUT2D eigenvalue weighted by molar-refractivity contribution is -0.138. The first kappa shape index (κ1) is 12.8. The number of carbonyl (C=O) groups is 2. The van der Waals surface area contributed by atoms with Crippen molar-refractivity contribution in [2.75, 3.05) is 21.3 Å². The second-order valence-corrected chi connectivity index (χ2v) is 3.03. The minimum atomic E-state index is -0.756. The molecule has 0 saturated heterocycles. The molecule has 0 aromatic carbocycles. The van der Waals surface area contributed by atoms with Crippen LogP contribution in [0.25, 0.3) is 0 Å². The van der Waals surface area contributed by atoms with E-state index < -0.39 is 17.9 Å². The Balaban J connectivity index is 3.34. The van der Waals surface area contributed by atoms with Crippen molar-refractivity contribution >= 4 is 11.9 Å². The van der Waals surface area contributed by atoms with Crippen LogP contribution in [0.4, 0.5) is 0 Å². The van der Waals surface area contributed by atoms with E-state index in [-0.39, 0.29) is 16.7 Å². The van der Waals surface area contributed by atoms with Crippen molar-refractivity contribution in [3.05, 3.63) is 34.8 Å². The van der Waals surface area contributed by atoms with Crippen LogP contribution >= 0.6 is 0 Å². The zero-order chi connectivity index (χ0) is 13.0. The van der Waals surface area contributed by atoms with Crippen LogP contribution in [0.1, 0.15) is 0 Å². The van der Waals surface area contributed by atoms with Crippen LogP contribution in [0.5, 0.6) is 0 Å². The normalized spacial score (nSPS) is 16.9. The molecule has 17 heavy (non-hydrogen) atoms. The fraction of sp³-hybridized carbons (Fsp3) is 0.273. The molecule has 92 valence electrons. The van der Waals surface area contributed by atoms with Crippen molar-refractivity contribution < 1.29 is 28.9 Å². The van der Waals surface area contributed by atoms with Gasteiger partial charge in [-0.1, -0.05) is 0 Å². The van der Waals surface area contributed by atoms with Gasteiger partial charge in [-0.3, -0.25) is 0 Å². The molecule has 0 aromatic rings. The van der Waals surface area contributed by atoms with Crippen LogP contribution in [0, 0.1) is 0 Å². The fourth-order valence-electron chi connectivity index (χ4n) is 1.37. The van der Waals surface area contributed by atoms with Crippen molar-refractivity contribution in [1.29, 1.82) is 0 Å². The van der Waals surface area contributed by atoms with Gasteiger partial charge in [0, 0.05) is 0 Å². The largest absolute Gasteiger partial charge is 0.481 e. The van der Waals surface area contributed by atoms with E-state index in [1.807, 2.05) is 0 Å². The Kier molecular flexibility index (Phi) is 3.92. The zero-order valence-corrected chi connectivity index (χ0v) is 9.64. The number of ether oxygens (including phenoxy) is 3. The third-order valence-corrected chi connectivity index (χ3v) is 2.17. The number of hydrogen-bond donors (Lipinski definition) is 1. The third-order valence-electron chi connectivity index (χ3n) is 2.17. The Morgan fingerprint density at radius 1 is 1.00 bits per heavy atom. The van der Waals surface area contributed by atoms with Crippen molar-refractivity contribution in [2.24, 2.45) is 0 Å². The van der Waals surface area contributed by atoms with Gasteiger partial charge in [0.2, 0.25) is 0 Å². The van der Waals surface area contributed by atoms with E-state index in [0.29, 0.717) is 0 Å². The van der Waals surface area contributed by atoms with E-state index in [0.717, 1.165) is 0 Å². The van der Waals surface area contributed by atoms with Gasteiger partial charge in [-0.2, -0.15) is 0 Å². The summed E-state index contributed by atoms with van der Waals surface area (Å²) in [4.78, 5) is 23.0. The number of aliphatic hydroxyl groups is 1. The average molecular weight is 240 g/mol. The maximum atomic E-state index is 11.5. The molecule has 0 amide bonds. The summed E-state index contributed by atoms with van der Waals surface area (Å²) >= 11 is 0. The summed E-state index contributed by atoms with van der Waals surface area (Å²) in [6, 6.07) is 0. The lowest BCUT2D eigenvalue weighted by atomic mass is 10.1. The number of carbonyl (C=O) groups excluding carboxylic acids is 2. The van der Waals surface area contributed by atoms with Crippen molar-refractivity contribution in [2.45, 2.75) is 0 Å². The topological polar surface area (TPSA) is 82.1 Å². The quantitative estimate of drug-likeness (QED) is 0.575. The maximum Gasteiger partial charge on any atom is 0.339 e. The van der Waals surface area contributed by atoms with Gasteiger partial charge in [0.15, 0.2) is 0 Å². The molecule has 0 aliphatic heterocycles. The predicted octanol–water partition coefficient (Wildman–Crippen LogP) is 0.615. The van der Waals surface area contributed by atoms with E-state index >= 15 is 0 Å². The molecule has 1 rings (SSSR count). The molecule has 0 bridgehead atoms. The number of methoxy groups -OCH3 is 3. The minimum Gasteiger partial charge on any atom is -0.481 e. The van der Waals surface area contributed by atoms with Gasteiger partial charge < -0.3 is 19.3 Å². The van der Waals surface area contributed by atoms with Gasteiger partial charge in [0.05, 0.1) is 38.0 Å². The van der Waals surface area contributed by atoms with Crippen LogP contribution in [0.15, 0.2) is 34.8 Å². The molecule has 0 fully saturated rings. The second-order valence-electron chi connectivity index (χ2n) is 3.03. The summed E-state index contributed by atoms with van der Waals surface area (Å²) in [5, 5.41) is 9.46.